The zero-order chi connectivity index (χ0) is 15.9. The summed E-state index contributed by atoms with van der Waals surface area (Å²) in [6.07, 6.45) is 2.53. The molecule has 0 N–H and O–H groups in total. The molecule has 1 aromatic carbocycles. The molecule has 1 fully saturated rings. The highest BCUT2D eigenvalue weighted by Crippen LogP contribution is 2.20. The molecule has 22 heavy (non-hydrogen) atoms. The Kier molecular flexibility index (Phi) is 6.24. The molecule has 0 spiro atoms. The number of rotatable bonds is 6. The molecular formula is C16H20BrNO4. The molecule has 0 saturated carbocycles. The predicted octanol–water partition coefficient (Wildman–Crippen LogP) is 2.77. The van der Waals surface area contributed by atoms with E-state index in [4.69, 9.17) is 9.47 Å². The number of hydrogen-bond acceptors (Lipinski definition) is 4. The van der Waals surface area contributed by atoms with Crippen LogP contribution in [0, 0.1) is 0 Å². The van der Waals surface area contributed by atoms with Crippen LogP contribution in [0.5, 0.6) is 5.75 Å². The fraction of sp³-hybridized carbons (Fsp3) is 0.500. The van der Waals surface area contributed by atoms with Gasteiger partial charge in [0.15, 0.2) is 0 Å². The summed E-state index contributed by atoms with van der Waals surface area (Å²) in [4.78, 5) is 25.5. The lowest BCUT2D eigenvalue weighted by Crippen LogP contribution is -2.41. The third kappa shape index (κ3) is 4.47. The van der Waals surface area contributed by atoms with Gasteiger partial charge in [0.1, 0.15) is 11.8 Å². The molecule has 1 saturated heterocycles. The largest absolute Gasteiger partial charge is 0.494 e. The smallest absolute Gasteiger partial charge is 0.328 e. The molecule has 1 aliphatic heterocycles. The third-order valence-corrected chi connectivity index (χ3v) is 4.14. The van der Waals surface area contributed by atoms with Crippen molar-refractivity contribution in [1.82, 2.24) is 4.90 Å². The minimum Gasteiger partial charge on any atom is -0.494 e. The zero-order valence-electron chi connectivity index (χ0n) is 12.6. The van der Waals surface area contributed by atoms with Gasteiger partial charge in [-0.1, -0.05) is 22.0 Å². The van der Waals surface area contributed by atoms with E-state index in [0.717, 1.165) is 16.6 Å². The summed E-state index contributed by atoms with van der Waals surface area (Å²) < 4.78 is 11.3. The molecule has 0 aromatic heterocycles. The topological polar surface area (TPSA) is 55.8 Å². The van der Waals surface area contributed by atoms with Crippen LogP contribution in [0.25, 0.3) is 0 Å². The SMILES string of the molecule is COC(=O)C1CCCN1C(=O)CCCOc1cccc(Br)c1. The second-order valence-corrected chi connectivity index (χ2v) is 6.09. The van der Waals surface area contributed by atoms with Crippen molar-refractivity contribution in [2.75, 3.05) is 20.3 Å². The molecule has 1 aromatic rings. The highest BCUT2D eigenvalue weighted by Gasteiger charge is 2.34. The Hall–Kier alpha value is -1.56. The van der Waals surface area contributed by atoms with Gasteiger partial charge in [-0.25, -0.2) is 4.79 Å². The number of nitrogens with zero attached hydrogens (tertiary/aromatic N) is 1. The second-order valence-electron chi connectivity index (χ2n) is 5.18. The van der Waals surface area contributed by atoms with Crippen molar-refractivity contribution in [3.05, 3.63) is 28.7 Å². The number of methoxy groups -OCH3 is 1. The lowest BCUT2D eigenvalue weighted by molar-refractivity contribution is -0.151. The van der Waals surface area contributed by atoms with E-state index in [-0.39, 0.29) is 11.9 Å². The molecule has 120 valence electrons. The van der Waals surface area contributed by atoms with Crippen molar-refractivity contribution >= 4 is 27.8 Å². The van der Waals surface area contributed by atoms with Crippen molar-refractivity contribution in [2.24, 2.45) is 0 Å². The van der Waals surface area contributed by atoms with Gasteiger partial charge in [0.25, 0.3) is 0 Å². The number of carbonyl (C=O) groups excluding carboxylic acids is 2. The predicted molar refractivity (Wildman–Crippen MR) is 85.6 cm³/mol. The van der Waals surface area contributed by atoms with Crippen LogP contribution in [-0.2, 0) is 14.3 Å². The molecule has 0 bridgehead atoms. The highest BCUT2D eigenvalue weighted by molar-refractivity contribution is 9.10. The molecular weight excluding hydrogens is 350 g/mol. The number of amides is 1. The first-order chi connectivity index (χ1) is 10.6. The van der Waals surface area contributed by atoms with Crippen LogP contribution in [0.2, 0.25) is 0 Å². The van der Waals surface area contributed by atoms with Gasteiger partial charge in [-0.2, -0.15) is 0 Å². The first-order valence-corrected chi connectivity index (χ1v) is 8.17. The Balaban J connectivity index is 1.74. The number of benzene rings is 1. The molecule has 5 nitrogen and oxygen atoms in total. The van der Waals surface area contributed by atoms with Crippen LogP contribution in [0.3, 0.4) is 0 Å². The molecule has 6 heteroatoms. The molecule has 1 unspecified atom stereocenters. The van der Waals surface area contributed by atoms with Gasteiger partial charge < -0.3 is 14.4 Å². The summed E-state index contributed by atoms with van der Waals surface area (Å²) in [6, 6.07) is 7.17. The number of ether oxygens (including phenoxy) is 2. The van der Waals surface area contributed by atoms with Crippen LogP contribution in [-0.4, -0.2) is 43.1 Å². The number of esters is 1. The van der Waals surface area contributed by atoms with Gasteiger partial charge in [-0.15, -0.1) is 0 Å². The number of halogens is 1. The van der Waals surface area contributed by atoms with Crippen molar-refractivity contribution in [1.29, 1.82) is 0 Å². The van der Waals surface area contributed by atoms with E-state index in [9.17, 15) is 9.59 Å². The Labute approximate surface area is 138 Å². The molecule has 1 amide bonds. The van der Waals surface area contributed by atoms with Crippen LogP contribution >= 0.6 is 15.9 Å². The lowest BCUT2D eigenvalue weighted by atomic mass is 10.2. The average molecular weight is 370 g/mol. The van der Waals surface area contributed by atoms with Gasteiger partial charge >= 0.3 is 5.97 Å². The summed E-state index contributed by atoms with van der Waals surface area (Å²) >= 11 is 3.38. The zero-order valence-corrected chi connectivity index (χ0v) is 14.2. The minimum absolute atomic E-state index is 0.00857. The summed E-state index contributed by atoms with van der Waals surface area (Å²) in [6.45, 7) is 1.10. The lowest BCUT2D eigenvalue weighted by Gasteiger charge is -2.22. The van der Waals surface area contributed by atoms with Gasteiger partial charge in [-0.05, 0) is 37.5 Å². The molecule has 1 aliphatic rings. The van der Waals surface area contributed by atoms with Crippen molar-refractivity contribution < 1.29 is 19.1 Å². The molecule has 1 heterocycles. The van der Waals surface area contributed by atoms with Gasteiger partial charge in [0.05, 0.1) is 13.7 Å². The van der Waals surface area contributed by atoms with E-state index in [2.05, 4.69) is 15.9 Å². The first-order valence-electron chi connectivity index (χ1n) is 7.37. The van der Waals surface area contributed by atoms with Gasteiger partial charge in [-0.3, -0.25) is 4.79 Å². The van der Waals surface area contributed by atoms with Crippen molar-refractivity contribution in [3.8, 4) is 5.75 Å². The molecule has 2 rings (SSSR count). The van der Waals surface area contributed by atoms with E-state index >= 15 is 0 Å². The van der Waals surface area contributed by atoms with E-state index in [1.165, 1.54) is 7.11 Å². The maximum Gasteiger partial charge on any atom is 0.328 e. The number of carbonyl (C=O) groups is 2. The van der Waals surface area contributed by atoms with E-state index in [1.807, 2.05) is 24.3 Å². The second kappa shape index (κ2) is 8.17. The Morgan fingerprint density at radius 3 is 2.95 bits per heavy atom. The third-order valence-electron chi connectivity index (χ3n) is 3.65. The first kappa shape index (κ1) is 16.8. The quantitative estimate of drug-likeness (QED) is 0.571. The molecule has 0 aliphatic carbocycles. The van der Waals surface area contributed by atoms with Crippen LogP contribution < -0.4 is 4.74 Å². The highest BCUT2D eigenvalue weighted by atomic mass is 79.9. The standard InChI is InChI=1S/C16H20BrNO4/c1-21-16(20)14-7-3-9-18(14)15(19)8-4-10-22-13-6-2-5-12(17)11-13/h2,5-6,11,14H,3-4,7-10H2,1H3. The van der Waals surface area contributed by atoms with Crippen LogP contribution in [0.1, 0.15) is 25.7 Å². The normalized spacial score (nSPS) is 17.4. The number of hydrogen-bond donors (Lipinski definition) is 0. The van der Waals surface area contributed by atoms with Gasteiger partial charge in [0.2, 0.25) is 5.91 Å². The van der Waals surface area contributed by atoms with E-state index in [1.54, 1.807) is 4.90 Å². The van der Waals surface area contributed by atoms with E-state index in [0.29, 0.717) is 32.4 Å². The minimum atomic E-state index is -0.413. The maximum absolute atomic E-state index is 12.2. The van der Waals surface area contributed by atoms with E-state index < -0.39 is 6.04 Å². The Morgan fingerprint density at radius 1 is 1.41 bits per heavy atom. The average Bonchev–Trinajstić information content (AvgIpc) is 3.00. The Morgan fingerprint density at radius 2 is 2.23 bits per heavy atom. The van der Waals surface area contributed by atoms with Gasteiger partial charge in [0, 0.05) is 17.4 Å². The maximum atomic E-state index is 12.2. The summed E-state index contributed by atoms with van der Waals surface area (Å²) in [7, 11) is 1.36. The Bertz CT molecular complexity index is 535. The summed E-state index contributed by atoms with van der Waals surface area (Å²) in [5, 5.41) is 0. The summed E-state index contributed by atoms with van der Waals surface area (Å²) in [5.74, 6) is 0.442. The fourth-order valence-corrected chi connectivity index (χ4v) is 2.94. The molecule has 1 atom stereocenters. The number of likely N-dealkylation sites (tertiary alicyclic amines) is 1. The summed E-state index contributed by atoms with van der Waals surface area (Å²) in [5.41, 5.74) is 0. The fourth-order valence-electron chi connectivity index (χ4n) is 2.56. The van der Waals surface area contributed by atoms with Crippen molar-refractivity contribution in [3.63, 3.8) is 0 Å². The van der Waals surface area contributed by atoms with Crippen LogP contribution in [0.4, 0.5) is 0 Å². The van der Waals surface area contributed by atoms with Crippen molar-refractivity contribution in [2.45, 2.75) is 31.7 Å². The van der Waals surface area contributed by atoms with Crippen LogP contribution in [0.15, 0.2) is 28.7 Å². The monoisotopic (exact) mass is 369 g/mol. The molecule has 0 radical (unpaired) electrons.